The number of amides is 2. The smallest absolute Gasteiger partial charge is 0.261 e. The average Bonchev–Trinajstić information content (AvgIpc) is 3.41. The first kappa shape index (κ1) is 17.2. The zero-order valence-corrected chi connectivity index (χ0v) is 14.5. The van der Waals surface area contributed by atoms with Crippen LogP contribution < -0.4 is 15.4 Å². The summed E-state index contributed by atoms with van der Waals surface area (Å²) in [5.41, 5.74) is 1.13. The summed E-state index contributed by atoms with van der Waals surface area (Å²) in [6.07, 6.45) is 3.53. The lowest BCUT2D eigenvalue weighted by molar-refractivity contribution is 0.0949. The Morgan fingerprint density at radius 2 is 2.04 bits per heavy atom. The number of aromatic nitrogens is 1. The lowest BCUT2D eigenvalue weighted by atomic mass is 10.1. The monoisotopic (exact) mass is 359 g/mol. The second-order valence-corrected chi connectivity index (χ2v) is 6.09. The van der Waals surface area contributed by atoms with Gasteiger partial charge in [-0.15, -0.1) is 0 Å². The largest absolute Gasteiger partial charge is 0.477 e. The van der Waals surface area contributed by atoms with Gasteiger partial charge in [0.2, 0.25) is 5.88 Å². The lowest BCUT2D eigenvalue weighted by Gasteiger charge is -2.11. The minimum atomic E-state index is -0.368. The molecular weight excluding hydrogens is 342 g/mol. The van der Waals surface area contributed by atoms with Gasteiger partial charge in [0.25, 0.3) is 11.8 Å². The molecule has 1 heterocycles. The van der Waals surface area contributed by atoms with Gasteiger partial charge in [-0.1, -0.05) is 11.6 Å². The number of ether oxygens (including phenoxy) is 1. The van der Waals surface area contributed by atoms with Crippen molar-refractivity contribution < 1.29 is 14.3 Å². The van der Waals surface area contributed by atoms with Crippen LogP contribution >= 0.6 is 11.6 Å². The van der Waals surface area contributed by atoms with Gasteiger partial charge in [0.15, 0.2) is 0 Å². The Labute approximate surface area is 150 Å². The average molecular weight is 360 g/mol. The number of hydrogen-bond donors (Lipinski definition) is 2. The number of halogens is 1. The predicted molar refractivity (Wildman–Crippen MR) is 95.3 cm³/mol. The number of hydrogen-bond acceptors (Lipinski definition) is 4. The van der Waals surface area contributed by atoms with Crippen LogP contribution in [0, 0.1) is 0 Å². The minimum Gasteiger partial charge on any atom is -0.477 e. The maximum absolute atomic E-state index is 12.5. The van der Waals surface area contributed by atoms with Crippen LogP contribution in [0.4, 0.5) is 5.69 Å². The molecule has 3 rings (SSSR count). The third-order valence-corrected chi connectivity index (χ3v) is 4.01. The van der Waals surface area contributed by atoms with Crippen molar-refractivity contribution in [3.8, 4) is 5.88 Å². The molecule has 2 N–H and O–H groups in total. The number of rotatable bonds is 6. The second-order valence-electron chi connectivity index (χ2n) is 5.69. The van der Waals surface area contributed by atoms with E-state index in [1.807, 2.05) is 6.92 Å². The molecule has 2 amide bonds. The number of carbonyl (C=O) groups excluding carboxylic acids is 2. The molecule has 0 saturated heterocycles. The Kier molecular flexibility index (Phi) is 5.19. The van der Waals surface area contributed by atoms with Crippen molar-refractivity contribution >= 4 is 29.1 Å². The summed E-state index contributed by atoms with van der Waals surface area (Å²) in [5, 5.41) is 5.97. The maximum atomic E-state index is 12.5. The van der Waals surface area contributed by atoms with E-state index in [1.165, 1.54) is 0 Å². The van der Waals surface area contributed by atoms with Crippen molar-refractivity contribution in [1.29, 1.82) is 0 Å². The van der Waals surface area contributed by atoms with Crippen LogP contribution in [0.1, 0.15) is 40.5 Å². The van der Waals surface area contributed by atoms with Gasteiger partial charge in [-0.05, 0) is 50.1 Å². The van der Waals surface area contributed by atoms with Crippen LogP contribution in [0.3, 0.4) is 0 Å². The zero-order chi connectivity index (χ0) is 17.8. The molecule has 0 spiro atoms. The van der Waals surface area contributed by atoms with Gasteiger partial charge in [-0.25, -0.2) is 4.98 Å². The van der Waals surface area contributed by atoms with Crippen molar-refractivity contribution in [3.63, 3.8) is 0 Å². The maximum Gasteiger partial charge on any atom is 0.261 e. The van der Waals surface area contributed by atoms with E-state index in [4.69, 9.17) is 16.3 Å². The quantitative estimate of drug-likeness (QED) is 0.829. The molecule has 6 nitrogen and oxygen atoms in total. The molecule has 1 aliphatic rings. The molecule has 0 unspecified atom stereocenters. The normalized spacial score (nSPS) is 13.2. The molecule has 2 aromatic rings. The SMILES string of the molecule is CCOc1ncccc1C(=O)Nc1ccc(Cl)c(C(=O)NC2CC2)c1. The fourth-order valence-corrected chi connectivity index (χ4v) is 2.49. The highest BCUT2D eigenvalue weighted by molar-refractivity contribution is 6.34. The van der Waals surface area contributed by atoms with Gasteiger partial charge in [0, 0.05) is 17.9 Å². The third-order valence-electron chi connectivity index (χ3n) is 3.68. The fourth-order valence-electron chi connectivity index (χ4n) is 2.28. The molecule has 1 saturated carbocycles. The van der Waals surface area contributed by atoms with Gasteiger partial charge >= 0.3 is 0 Å². The molecule has 130 valence electrons. The van der Waals surface area contributed by atoms with E-state index in [0.29, 0.717) is 28.4 Å². The second kappa shape index (κ2) is 7.53. The summed E-state index contributed by atoms with van der Waals surface area (Å²) in [7, 11) is 0. The molecule has 0 bridgehead atoms. The Hall–Kier alpha value is -2.60. The molecule has 1 aromatic carbocycles. The number of nitrogens with zero attached hydrogens (tertiary/aromatic N) is 1. The molecule has 0 atom stereocenters. The van der Waals surface area contributed by atoms with E-state index >= 15 is 0 Å². The molecule has 0 aliphatic heterocycles. The molecule has 0 radical (unpaired) electrons. The number of anilines is 1. The fraction of sp³-hybridized carbons (Fsp3) is 0.278. The van der Waals surface area contributed by atoms with Crippen molar-refractivity contribution in [2.75, 3.05) is 11.9 Å². The highest BCUT2D eigenvalue weighted by atomic mass is 35.5. The van der Waals surface area contributed by atoms with Gasteiger partial charge in [0.1, 0.15) is 5.56 Å². The Morgan fingerprint density at radius 3 is 2.76 bits per heavy atom. The summed E-state index contributed by atoms with van der Waals surface area (Å²) >= 11 is 6.11. The number of benzene rings is 1. The lowest BCUT2D eigenvalue weighted by Crippen LogP contribution is -2.25. The standard InChI is InChI=1S/C18H18ClN3O3/c1-2-25-18-13(4-3-9-20-18)16(23)22-12-7-8-15(19)14(10-12)17(24)21-11-5-6-11/h3-4,7-11H,2,5-6H2,1H3,(H,21,24)(H,22,23). The van der Waals surface area contributed by atoms with Gasteiger partial charge in [0.05, 0.1) is 17.2 Å². The van der Waals surface area contributed by atoms with Crippen LogP contribution in [-0.2, 0) is 0 Å². The van der Waals surface area contributed by atoms with Gasteiger partial charge < -0.3 is 15.4 Å². The van der Waals surface area contributed by atoms with Gasteiger partial charge in [-0.3, -0.25) is 9.59 Å². The highest BCUT2D eigenvalue weighted by Crippen LogP contribution is 2.24. The molecule has 1 fully saturated rings. The summed E-state index contributed by atoms with van der Waals surface area (Å²) in [5.74, 6) is -0.337. The van der Waals surface area contributed by atoms with E-state index in [1.54, 1.807) is 36.5 Å². The van der Waals surface area contributed by atoms with Crippen LogP contribution in [0.2, 0.25) is 5.02 Å². The van der Waals surface area contributed by atoms with Crippen molar-refractivity contribution in [2.24, 2.45) is 0 Å². The van der Waals surface area contributed by atoms with Crippen LogP contribution in [-0.4, -0.2) is 29.4 Å². The van der Waals surface area contributed by atoms with E-state index in [-0.39, 0.29) is 23.7 Å². The van der Waals surface area contributed by atoms with Gasteiger partial charge in [-0.2, -0.15) is 0 Å². The Balaban J connectivity index is 1.78. The summed E-state index contributed by atoms with van der Waals surface area (Å²) in [6.45, 7) is 2.23. The van der Waals surface area contributed by atoms with Crippen molar-refractivity contribution in [1.82, 2.24) is 10.3 Å². The number of carbonyl (C=O) groups is 2. The number of pyridine rings is 1. The van der Waals surface area contributed by atoms with E-state index in [9.17, 15) is 9.59 Å². The summed E-state index contributed by atoms with van der Waals surface area (Å²) < 4.78 is 5.37. The Bertz CT molecular complexity index is 806. The van der Waals surface area contributed by atoms with Crippen molar-refractivity contribution in [2.45, 2.75) is 25.8 Å². The summed E-state index contributed by atoms with van der Waals surface area (Å²) in [4.78, 5) is 28.8. The first-order chi connectivity index (χ1) is 12.1. The molecule has 7 heteroatoms. The first-order valence-corrected chi connectivity index (χ1v) is 8.46. The topological polar surface area (TPSA) is 80.3 Å². The van der Waals surface area contributed by atoms with E-state index in [2.05, 4.69) is 15.6 Å². The minimum absolute atomic E-state index is 0.228. The Morgan fingerprint density at radius 1 is 1.24 bits per heavy atom. The zero-order valence-electron chi connectivity index (χ0n) is 13.7. The molecular formula is C18H18ClN3O3. The van der Waals surface area contributed by atoms with E-state index < -0.39 is 0 Å². The third kappa shape index (κ3) is 4.28. The predicted octanol–water partition coefficient (Wildman–Crippen LogP) is 3.28. The van der Waals surface area contributed by atoms with E-state index in [0.717, 1.165) is 12.8 Å². The molecule has 1 aliphatic carbocycles. The van der Waals surface area contributed by atoms with Crippen LogP contribution in [0.5, 0.6) is 5.88 Å². The van der Waals surface area contributed by atoms with Crippen LogP contribution in [0.25, 0.3) is 0 Å². The van der Waals surface area contributed by atoms with Crippen LogP contribution in [0.15, 0.2) is 36.5 Å². The summed E-state index contributed by atoms with van der Waals surface area (Å²) in [6, 6.07) is 8.31. The number of nitrogens with one attached hydrogen (secondary N) is 2. The molecule has 1 aromatic heterocycles. The van der Waals surface area contributed by atoms with Crippen molar-refractivity contribution in [3.05, 3.63) is 52.7 Å². The highest BCUT2D eigenvalue weighted by Gasteiger charge is 2.25. The first-order valence-electron chi connectivity index (χ1n) is 8.08. The molecule has 25 heavy (non-hydrogen) atoms.